The molecule has 1 fully saturated rings. The van der Waals surface area contributed by atoms with Crippen LogP contribution in [-0.4, -0.2) is 20.3 Å². The average Bonchev–Trinajstić information content (AvgIpc) is 2.76. The SMILES string of the molecule is CNC(c1c(C)cc(F)cc1C)C1CCOC1. The molecule has 1 N–H and O–H groups in total. The number of nitrogens with one attached hydrogen (secondary N) is 1. The Morgan fingerprint density at radius 3 is 2.47 bits per heavy atom. The molecule has 94 valence electrons. The first-order chi connectivity index (χ1) is 8.13. The van der Waals surface area contributed by atoms with Gasteiger partial charge in [-0.25, -0.2) is 4.39 Å². The quantitative estimate of drug-likeness (QED) is 0.872. The normalized spacial score (nSPS) is 21.8. The lowest BCUT2D eigenvalue weighted by molar-refractivity contribution is 0.177. The molecule has 1 saturated heterocycles. The molecule has 0 spiro atoms. The zero-order chi connectivity index (χ0) is 12.4. The van der Waals surface area contributed by atoms with Crippen LogP contribution in [0.25, 0.3) is 0 Å². The summed E-state index contributed by atoms with van der Waals surface area (Å²) < 4.78 is 18.8. The summed E-state index contributed by atoms with van der Waals surface area (Å²) in [5.41, 5.74) is 3.27. The third kappa shape index (κ3) is 2.50. The summed E-state index contributed by atoms with van der Waals surface area (Å²) in [6.45, 7) is 5.58. The summed E-state index contributed by atoms with van der Waals surface area (Å²) in [6.07, 6.45) is 1.07. The Balaban J connectivity index is 2.36. The molecule has 2 rings (SSSR count). The van der Waals surface area contributed by atoms with Gasteiger partial charge in [0.25, 0.3) is 0 Å². The Morgan fingerprint density at radius 1 is 1.35 bits per heavy atom. The molecule has 1 aliphatic rings. The number of hydrogen-bond acceptors (Lipinski definition) is 2. The Hall–Kier alpha value is -0.930. The second-order valence-electron chi connectivity index (χ2n) is 4.84. The Labute approximate surface area is 102 Å². The van der Waals surface area contributed by atoms with Gasteiger partial charge in [0.1, 0.15) is 5.82 Å². The lowest BCUT2D eigenvalue weighted by Crippen LogP contribution is -2.27. The lowest BCUT2D eigenvalue weighted by atomic mass is 9.87. The number of rotatable bonds is 3. The highest BCUT2D eigenvalue weighted by molar-refractivity contribution is 5.37. The van der Waals surface area contributed by atoms with Crippen molar-refractivity contribution in [1.82, 2.24) is 5.32 Å². The van der Waals surface area contributed by atoms with Crippen LogP contribution in [0.1, 0.15) is 29.2 Å². The number of halogens is 1. The fraction of sp³-hybridized carbons (Fsp3) is 0.571. The average molecular weight is 237 g/mol. The van der Waals surface area contributed by atoms with Gasteiger partial charge in [-0.2, -0.15) is 0 Å². The van der Waals surface area contributed by atoms with Gasteiger partial charge >= 0.3 is 0 Å². The third-order valence-electron chi connectivity index (χ3n) is 3.62. The number of hydrogen-bond donors (Lipinski definition) is 1. The minimum Gasteiger partial charge on any atom is -0.381 e. The van der Waals surface area contributed by atoms with Crippen LogP contribution < -0.4 is 5.32 Å². The second kappa shape index (κ2) is 5.15. The van der Waals surface area contributed by atoms with Gasteiger partial charge in [-0.05, 0) is 56.1 Å². The molecular weight excluding hydrogens is 217 g/mol. The zero-order valence-corrected chi connectivity index (χ0v) is 10.7. The van der Waals surface area contributed by atoms with E-state index in [0.29, 0.717) is 5.92 Å². The van der Waals surface area contributed by atoms with Gasteiger partial charge in [0.05, 0.1) is 6.61 Å². The zero-order valence-electron chi connectivity index (χ0n) is 10.7. The van der Waals surface area contributed by atoms with Gasteiger partial charge in [-0.3, -0.25) is 0 Å². The fourth-order valence-corrected chi connectivity index (χ4v) is 2.84. The molecule has 0 aliphatic carbocycles. The van der Waals surface area contributed by atoms with Crippen LogP contribution in [-0.2, 0) is 4.74 Å². The van der Waals surface area contributed by atoms with Crippen LogP contribution >= 0.6 is 0 Å². The van der Waals surface area contributed by atoms with Crippen LogP contribution in [0.15, 0.2) is 12.1 Å². The molecular formula is C14H20FNO. The molecule has 1 aromatic carbocycles. The lowest BCUT2D eigenvalue weighted by Gasteiger charge is -2.26. The van der Waals surface area contributed by atoms with Crippen molar-refractivity contribution in [2.75, 3.05) is 20.3 Å². The van der Waals surface area contributed by atoms with Crippen LogP contribution in [0.2, 0.25) is 0 Å². The van der Waals surface area contributed by atoms with Crippen molar-refractivity contribution in [3.63, 3.8) is 0 Å². The van der Waals surface area contributed by atoms with Crippen LogP contribution in [0.4, 0.5) is 4.39 Å². The molecule has 2 nitrogen and oxygen atoms in total. The fourth-order valence-electron chi connectivity index (χ4n) is 2.84. The maximum Gasteiger partial charge on any atom is 0.123 e. The second-order valence-corrected chi connectivity index (χ2v) is 4.84. The predicted octanol–water partition coefficient (Wildman–Crippen LogP) is 2.74. The van der Waals surface area contributed by atoms with E-state index in [9.17, 15) is 4.39 Å². The first kappa shape index (κ1) is 12.5. The molecule has 0 amide bonds. The molecule has 17 heavy (non-hydrogen) atoms. The van der Waals surface area contributed by atoms with Crippen LogP contribution in [0.3, 0.4) is 0 Å². The first-order valence-electron chi connectivity index (χ1n) is 6.15. The monoisotopic (exact) mass is 237 g/mol. The van der Waals surface area contributed by atoms with Crippen molar-refractivity contribution in [2.45, 2.75) is 26.3 Å². The minimum absolute atomic E-state index is 0.152. The van der Waals surface area contributed by atoms with Crippen molar-refractivity contribution >= 4 is 0 Å². The molecule has 1 aliphatic heterocycles. The summed E-state index contributed by atoms with van der Waals surface area (Å²) >= 11 is 0. The maximum absolute atomic E-state index is 13.3. The van der Waals surface area contributed by atoms with Crippen LogP contribution in [0.5, 0.6) is 0 Å². The number of benzene rings is 1. The summed E-state index contributed by atoms with van der Waals surface area (Å²) in [6, 6.07) is 3.49. The van der Waals surface area contributed by atoms with Crippen molar-refractivity contribution < 1.29 is 9.13 Å². The molecule has 0 radical (unpaired) electrons. The molecule has 0 saturated carbocycles. The van der Waals surface area contributed by atoms with Gasteiger partial charge in [-0.15, -0.1) is 0 Å². The van der Waals surface area contributed by atoms with Gasteiger partial charge in [0.15, 0.2) is 0 Å². The maximum atomic E-state index is 13.3. The van der Waals surface area contributed by atoms with E-state index in [2.05, 4.69) is 5.32 Å². The van der Waals surface area contributed by atoms with E-state index in [0.717, 1.165) is 30.8 Å². The number of aryl methyl sites for hydroxylation is 2. The van der Waals surface area contributed by atoms with E-state index < -0.39 is 0 Å². The van der Waals surface area contributed by atoms with Crippen molar-refractivity contribution in [3.8, 4) is 0 Å². The standard InChI is InChI=1S/C14H20FNO/c1-9-6-12(15)7-10(2)13(9)14(16-3)11-4-5-17-8-11/h6-7,11,14,16H,4-5,8H2,1-3H3. The Morgan fingerprint density at radius 2 is 2.00 bits per heavy atom. The van der Waals surface area contributed by atoms with E-state index in [1.54, 1.807) is 12.1 Å². The van der Waals surface area contributed by atoms with E-state index in [1.165, 1.54) is 5.56 Å². The molecule has 0 bridgehead atoms. The van der Waals surface area contributed by atoms with Crippen molar-refractivity contribution in [2.24, 2.45) is 5.92 Å². The van der Waals surface area contributed by atoms with E-state index in [4.69, 9.17) is 4.74 Å². The summed E-state index contributed by atoms with van der Waals surface area (Å²) in [5.74, 6) is 0.337. The van der Waals surface area contributed by atoms with Gasteiger partial charge in [0, 0.05) is 18.6 Å². The van der Waals surface area contributed by atoms with Crippen molar-refractivity contribution in [3.05, 3.63) is 34.6 Å². The molecule has 1 heterocycles. The minimum atomic E-state index is -0.152. The topological polar surface area (TPSA) is 21.3 Å². The molecule has 0 aromatic heterocycles. The summed E-state index contributed by atoms with van der Waals surface area (Å²) in [7, 11) is 1.96. The number of ether oxygens (including phenoxy) is 1. The van der Waals surface area contributed by atoms with Gasteiger partial charge in [0.2, 0.25) is 0 Å². The molecule has 2 atom stereocenters. The summed E-state index contributed by atoms with van der Waals surface area (Å²) in [4.78, 5) is 0. The van der Waals surface area contributed by atoms with E-state index in [1.807, 2.05) is 20.9 Å². The smallest absolute Gasteiger partial charge is 0.123 e. The van der Waals surface area contributed by atoms with E-state index in [-0.39, 0.29) is 11.9 Å². The molecule has 2 unspecified atom stereocenters. The predicted molar refractivity (Wildman–Crippen MR) is 66.6 cm³/mol. The van der Waals surface area contributed by atoms with Gasteiger partial charge in [-0.1, -0.05) is 0 Å². The van der Waals surface area contributed by atoms with Crippen LogP contribution in [0, 0.1) is 25.6 Å². The Kier molecular flexibility index (Phi) is 3.79. The Bertz CT molecular complexity index is 376. The third-order valence-corrected chi connectivity index (χ3v) is 3.62. The molecule has 1 aromatic rings. The van der Waals surface area contributed by atoms with Gasteiger partial charge < -0.3 is 10.1 Å². The van der Waals surface area contributed by atoms with E-state index >= 15 is 0 Å². The highest BCUT2D eigenvalue weighted by Crippen LogP contribution is 2.32. The van der Waals surface area contributed by atoms with Crippen molar-refractivity contribution in [1.29, 1.82) is 0 Å². The molecule has 3 heteroatoms. The largest absolute Gasteiger partial charge is 0.381 e. The first-order valence-corrected chi connectivity index (χ1v) is 6.15. The summed E-state index contributed by atoms with van der Waals surface area (Å²) in [5, 5.41) is 3.36. The highest BCUT2D eigenvalue weighted by Gasteiger charge is 2.28. The highest BCUT2D eigenvalue weighted by atomic mass is 19.1.